The number of benzene rings is 1. The number of likely N-dealkylation sites (N-methyl/N-ethyl adjacent to an activating group) is 1. The van der Waals surface area contributed by atoms with Gasteiger partial charge in [0.2, 0.25) is 5.91 Å². The summed E-state index contributed by atoms with van der Waals surface area (Å²) in [5.74, 6) is -2.64. The Morgan fingerprint density at radius 2 is 1.87 bits per heavy atom. The number of carbonyl (C=O) groups is 3. The van der Waals surface area contributed by atoms with E-state index >= 15 is 0 Å². The molecule has 1 N–H and O–H groups in total. The van der Waals surface area contributed by atoms with E-state index in [1.807, 2.05) is 18.2 Å². The fraction of sp³-hybridized carbons (Fsp3) is 0.438. The summed E-state index contributed by atoms with van der Waals surface area (Å²) >= 11 is 4.08. The van der Waals surface area contributed by atoms with Crippen molar-refractivity contribution in [3.63, 3.8) is 0 Å². The lowest BCUT2D eigenvalue weighted by Crippen LogP contribution is -2.47. The highest BCUT2D eigenvalue weighted by molar-refractivity contribution is 7.80. The number of esters is 1. The second kappa shape index (κ2) is 9.19. The van der Waals surface area contributed by atoms with Crippen molar-refractivity contribution in [3.8, 4) is 0 Å². The van der Waals surface area contributed by atoms with Crippen LogP contribution in [-0.2, 0) is 25.5 Å². The van der Waals surface area contributed by atoms with Crippen LogP contribution in [-0.4, -0.2) is 53.8 Å². The van der Waals surface area contributed by atoms with Crippen molar-refractivity contribution in [2.24, 2.45) is 5.92 Å². The number of ether oxygens (including phenoxy) is 1. The van der Waals surface area contributed by atoms with E-state index in [-0.39, 0.29) is 18.6 Å². The fourth-order valence-electron chi connectivity index (χ4n) is 2.18. The highest BCUT2D eigenvalue weighted by Crippen LogP contribution is 2.15. The zero-order valence-corrected chi connectivity index (χ0v) is 14.0. The number of aliphatic carboxylic acids is 1. The smallest absolute Gasteiger partial charge is 0.326 e. The lowest BCUT2D eigenvalue weighted by atomic mass is 10.0. The van der Waals surface area contributed by atoms with Gasteiger partial charge < -0.3 is 14.7 Å². The maximum absolute atomic E-state index is 12.5. The zero-order chi connectivity index (χ0) is 17.4. The van der Waals surface area contributed by atoms with E-state index in [4.69, 9.17) is 0 Å². The maximum atomic E-state index is 12.5. The summed E-state index contributed by atoms with van der Waals surface area (Å²) in [6.07, 6.45) is 0.0662. The molecule has 0 aliphatic heterocycles. The monoisotopic (exact) mass is 339 g/mol. The molecule has 2 atom stereocenters. The molecule has 0 aromatic heterocycles. The number of rotatable bonds is 8. The van der Waals surface area contributed by atoms with Gasteiger partial charge in [-0.15, -0.1) is 0 Å². The van der Waals surface area contributed by atoms with Crippen LogP contribution in [0.2, 0.25) is 0 Å². The van der Waals surface area contributed by atoms with E-state index in [9.17, 15) is 19.5 Å². The van der Waals surface area contributed by atoms with Crippen LogP contribution in [0.5, 0.6) is 0 Å². The van der Waals surface area contributed by atoms with Gasteiger partial charge in [-0.3, -0.25) is 9.59 Å². The van der Waals surface area contributed by atoms with Crippen LogP contribution in [0.1, 0.15) is 12.0 Å². The summed E-state index contributed by atoms with van der Waals surface area (Å²) in [7, 11) is 2.67. The molecule has 1 aromatic rings. The molecule has 23 heavy (non-hydrogen) atoms. The van der Waals surface area contributed by atoms with Gasteiger partial charge in [-0.25, -0.2) is 4.79 Å². The van der Waals surface area contributed by atoms with Crippen molar-refractivity contribution in [1.29, 1.82) is 0 Å². The Labute approximate surface area is 140 Å². The Hall–Kier alpha value is -2.02. The van der Waals surface area contributed by atoms with Gasteiger partial charge in [-0.2, -0.15) is 12.6 Å². The SMILES string of the molecule is COC(=O)CC(CS)C(=O)N(C)[C@@H](Cc1ccccc1)C(=O)O. The van der Waals surface area contributed by atoms with Crippen LogP contribution in [0.4, 0.5) is 0 Å². The first-order valence-corrected chi connectivity index (χ1v) is 7.75. The summed E-state index contributed by atoms with van der Waals surface area (Å²) in [5.41, 5.74) is 0.815. The first-order valence-electron chi connectivity index (χ1n) is 7.11. The minimum absolute atomic E-state index is 0.124. The van der Waals surface area contributed by atoms with Crippen LogP contribution in [0.25, 0.3) is 0 Å². The molecule has 1 amide bonds. The second-order valence-corrected chi connectivity index (χ2v) is 5.52. The van der Waals surface area contributed by atoms with Crippen LogP contribution < -0.4 is 0 Å². The van der Waals surface area contributed by atoms with Gasteiger partial charge in [0.15, 0.2) is 0 Å². The number of nitrogens with zero attached hydrogens (tertiary/aromatic N) is 1. The zero-order valence-electron chi connectivity index (χ0n) is 13.1. The maximum Gasteiger partial charge on any atom is 0.326 e. The van der Waals surface area contributed by atoms with Crippen molar-refractivity contribution >= 4 is 30.5 Å². The van der Waals surface area contributed by atoms with Gasteiger partial charge in [0.1, 0.15) is 6.04 Å². The standard InChI is InChI=1S/C16H21NO5S/c1-17(15(19)12(10-23)9-14(18)22-2)13(16(20)21)8-11-6-4-3-5-7-11/h3-7,12-13,23H,8-10H2,1-2H3,(H,20,21)/t12?,13-/m0/s1. The lowest BCUT2D eigenvalue weighted by molar-refractivity contribution is -0.152. The molecular weight excluding hydrogens is 318 g/mol. The van der Waals surface area contributed by atoms with Gasteiger partial charge in [0, 0.05) is 19.2 Å². The van der Waals surface area contributed by atoms with Crippen LogP contribution >= 0.6 is 12.6 Å². The summed E-state index contributed by atoms with van der Waals surface area (Å²) < 4.78 is 4.56. The third-order valence-corrected chi connectivity index (χ3v) is 4.02. The molecule has 7 heteroatoms. The predicted octanol–water partition coefficient (Wildman–Crippen LogP) is 1.25. The van der Waals surface area contributed by atoms with Gasteiger partial charge in [0.05, 0.1) is 19.4 Å². The first-order chi connectivity index (χ1) is 10.9. The molecule has 0 aliphatic rings. The van der Waals surface area contributed by atoms with Crippen molar-refractivity contribution in [1.82, 2.24) is 4.90 Å². The molecule has 0 heterocycles. The molecule has 0 saturated carbocycles. The number of carboxylic acids is 1. The molecule has 1 rings (SSSR count). The van der Waals surface area contributed by atoms with Crippen molar-refractivity contribution < 1.29 is 24.2 Å². The second-order valence-electron chi connectivity index (χ2n) is 5.15. The number of methoxy groups -OCH3 is 1. The van der Waals surface area contributed by atoms with Gasteiger partial charge in [-0.05, 0) is 5.56 Å². The molecule has 0 aliphatic carbocycles. The number of thiol groups is 1. The van der Waals surface area contributed by atoms with Gasteiger partial charge >= 0.3 is 11.9 Å². The number of carboxylic acid groups (broad SMARTS) is 1. The van der Waals surface area contributed by atoms with E-state index < -0.39 is 29.8 Å². The molecule has 0 spiro atoms. The largest absolute Gasteiger partial charge is 0.480 e. The van der Waals surface area contributed by atoms with Crippen LogP contribution in [0.15, 0.2) is 30.3 Å². The Morgan fingerprint density at radius 1 is 1.26 bits per heavy atom. The number of hydrogen-bond acceptors (Lipinski definition) is 5. The molecule has 0 radical (unpaired) electrons. The third-order valence-electron chi connectivity index (χ3n) is 3.58. The van der Waals surface area contributed by atoms with Crippen molar-refractivity contribution in [2.75, 3.05) is 19.9 Å². The Bertz CT molecular complexity index is 549. The summed E-state index contributed by atoms with van der Waals surface area (Å²) in [5, 5.41) is 9.43. The molecule has 1 aromatic carbocycles. The Balaban J connectivity index is 2.87. The van der Waals surface area contributed by atoms with Crippen LogP contribution in [0, 0.1) is 5.92 Å². The molecular formula is C16H21NO5S. The van der Waals surface area contributed by atoms with E-state index in [2.05, 4.69) is 17.4 Å². The normalized spacial score (nSPS) is 13.0. The van der Waals surface area contributed by atoms with Crippen molar-refractivity contribution in [3.05, 3.63) is 35.9 Å². The molecule has 0 fully saturated rings. The summed E-state index contributed by atoms with van der Waals surface area (Å²) in [4.78, 5) is 36.5. The molecule has 0 saturated heterocycles. The average Bonchev–Trinajstić information content (AvgIpc) is 2.56. The number of hydrogen-bond donors (Lipinski definition) is 2. The van der Waals surface area contributed by atoms with E-state index in [0.717, 1.165) is 5.56 Å². The summed E-state index contributed by atoms with van der Waals surface area (Å²) in [6, 6.07) is 8.05. The molecule has 0 bridgehead atoms. The lowest BCUT2D eigenvalue weighted by Gasteiger charge is -2.28. The Morgan fingerprint density at radius 3 is 2.35 bits per heavy atom. The number of amides is 1. The fourth-order valence-corrected chi connectivity index (χ4v) is 2.47. The molecule has 1 unspecified atom stereocenters. The van der Waals surface area contributed by atoms with E-state index in [1.165, 1.54) is 19.1 Å². The Kier molecular flexibility index (Phi) is 7.61. The van der Waals surface area contributed by atoms with E-state index in [0.29, 0.717) is 0 Å². The molecule has 126 valence electrons. The average molecular weight is 339 g/mol. The minimum atomic E-state index is -1.10. The summed E-state index contributed by atoms with van der Waals surface area (Å²) in [6.45, 7) is 0. The molecule has 6 nitrogen and oxygen atoms in total. The quantitative estimate of drug-likeness (QED) is 0.550. The first kappa shape index (κ1) is 19.0. The highest BCUT2D eigenvalue weighted by Gasteiger charge is 2.31. The van der Waals surface area contributed by atoms with Crippen LogP contribution in [0.3, 0.4) is 0 Å². The number of carbonyl (C=O) groups excluding carboxylic acids is 2. The topological polar surface area (TPSA) is 83.9 Å². The minimum Gasteiger partial charge on any atom is -0.480 e. The van der Waals surface area contributed by atoms with Crippen molar-refractivity contribution in [2.45, 2.75) is 18.9 Å². The predicted molar refractivity (Wildman–Crippen MR) is 88.3 cm³/mol. The third kappa shape index (κ3) is 5.59. The van der Waals surface area contributed by atoms with E-state index in [1.54, 1.807) is 12.1 Å². The highest BCUT2D eigenvalue weighted by atomic mass is 32.1. The van der Waals surface area contributed by atoms with Gasteiger partial charge in [0.25, 0.3) is 0 Å². The van der Waals surface area contributed by atoms with Gasteiger partial charge in [-0.1, -0.05) is 30.3 Å².